The van der Waals surface area contributed by atoms with Crippen LogP contribution in [0.3, 0.4) is 0 Å². The first-order chi connectivity index (χ1) is 28.4. The van der Waals surface area contributed by atoms with Crippen LogP contribution in [0.5, 0.6) is 0 Å². The van der Waals surface area contributed by atoms with Crippen molar-refractivity contribution in [2.24, 2.45) is 68.0 Å². The second-order valence-electron chi connectivity index (χ2n) is 21.7. The third-order valence-electron chi connectivity index (χ3n) is 20.1. The zero-order valence-corrected chi connectivity index (χ0v) is 36.2. The molecule has 2 aromatic rings. The molecule has 0 bridgehead atoms. The van der Waals surface area contributed by atoms with E-state index in [1.54, 1.807) is 24.8 Å². The number of ketones is 1. The molecule has 2 heterocycles. The highest BCUT2D eigenvalue weighted by Crippen LogP contribution is 2.73. The summed E-state index contributed by atoms with van der Waals surface area (Å²) < 4.78 is 0. The number of nitrogens with two attached hydrogens (primary N) is 1. The van der Waals surface area contributed by atoms with Gasteiger partial charge in [0.25, 0.3) is 0 Å². The zero-order valence-electron chi connectivity index (χ0n) is 36.2. The molecule has 0 unspecified atom stereocenters. The first-order valence-electron chi connectivity index (χ1n) is 23.0. The van der Waals surface area contributed by atoms with E-state index in [0.29, 0.717) is 61.6 Å². The van der Waals surface area contributed by atoms with E-state index in [0.717, 1.165) is 100 Å². The van der Waals surface area contributed by atoms with Gasteiger partial charge in [-0.2, -0.15) is 25.5 Å². The first kappa shape index (κ1) is 41.9. The van der Waals surface area contributed by atoms with E-state index in [1.165, 1.54) is 0 Å². The Labute approximate surface area is 354 Å². The minimum absolute atomic E-state index is 0.124. The van der Waals surface area contributed by atoms with Crippen molar-refractivity contribution in [1.29, 1.82) is 5.41 Å². The highest BCUT2D eigenvalue weighted by atomic mass is 16.3. The van der Waals surface area contributed by atoms with Crippen LogP contribution in [-0.4, -0.2) is 69.5 Å². The summed E-state index contributed by atoms with van der Waals surface area (Å²) in [6, 6.07) is 3.70. The summed E-state index contributed by atoms with van der Waals surface area (Å²) in [6.45, 7) is 8.99. The van der Waals surface area contributed by atoms with Gasteiger partial charge in [0.05, 0.1) is 34.8 Å². The number of carbonyl (C=O) groups excluding carboxylic acids is 1. The number of rotatable bonds is 3. The molecule has 13 nitrogen and oxygen atoms in total. The number of fused-ring (bicyclic) bond motifs is 10. The number of aliphatic hydroxyl groups is 4. The predicted octanol–water partition coefficient (Wildman–Crippen LogP) is 6.05. The van der Waals surface area contributed by atoms with E-state index in [4.69, 9.17) is 11.1 Å². The maximum atomic E-state index is 12.3. The Kier molecular flexibility index (Phi) is 10.0. The van der Waals surface area contributed by atoms with Gasteiger partial charge in [0.15, 0.2) is 0 Å². The van der Waals surface area contributed by atoms with Crippen molar-refractivity contribution in [2.45, 2.75) is 166 Å². The van der Waals surface area contributed by atoms with E-state index < -0.39 is 33.2 Å². The van der Waals surface area contributed by atoms with Crippen molar-refractivity contribution in [1.82, 2.24) is 25.8 Å². The van der Waals surface area contributed by atoms with E-state index in [1.807, 2.05) is 12.1 Å². The fraction of sp³-hybridized carbons (Fsp3) is 0.766. The van der Waals surface area contributed by atoms with Gasteiger partial charge in [0, 0.05) is 52.9 Å². The van der Waals surface area contributed by atoms with Gasteiger partial charge in [0.1, 0.15) is 5.78 Å². The van der Waals surface area contributed by atoms with Gasteiger partial charge >= 0.3 is 0 Å². The van der Waals surface area contributed by atoms with Crippen molar-refractivity contribution >= 4 is 17.5 Å². The van der Waals surface area contributed by atoms with Crippen molar-refractivity contribution < 1.29 is 25.2 Å². The number of hydrazone groups is 1. The fourth-order valence-electron chi connectivity index (χ4n) is 16.3. The lowest BCUT2D eigenvalue weighted by atomic mass is 9.43. The molecular formula is C47H68N8O5. The van der Waals surface area contributed by atoms with Crippen LogP contribution < -0.4 is 11.2 Å². The highest BCUT2D eigenvalue weighted by molar-refractivity contribution is 5.87. The van der Waals surface area contributed by atoms with Crippen LogP contribution >= 0.6 is 0 Å². The zero-order chi connectivity index (χ0) is 42.6. The van der Waals surface area contributed by atoms with Gasteiger partial charge < -0.3 is 26.2 Å². The molecule has 0 spiro atoms. The Bertz CT molecular complexity index is 2030. The maximum absolute atomic E-state index is 12.3. The van der Waals surface area contributed by atoms with Gasteiger partial charge in [-0.3, -0.25) is 10.2 Å². The van der Waals surface area contributed by atoms with Crippen LogP contribution in [0.2, 0.25) is 0 Å². The minimum Gasteiger partial charge on any atom is -0.389 e. The van der Waals surface area contributed by atoms with E-state index >= 15 is 0 Å². The average Bonchev–Trinajstić information content (AvgIpc) is 3.60. The van der Waals surface area contributed by atoms with E-state index in [2.05, 4.69) is 58.6 Å². The SMILES string of the molecule is C[C@]12CC/C(=N\NC(=N)N)C[C@H]1CC[C@@H]1[C@@H]2CC[C@]2(C)[C@@](O)(c3ccnnc3)CC[C@]12O.C[C@]12CCC(=O)C[C@H]1CC[C@@H]1[C@@H]2CC[C@]2(C)[C@@](O)(c3ccnnc3)CC[C@]12O. The van der Waals surface area contributed by atoms with Crippen LogP contribution in [-0.2, 0) is 16.0 Å². The van der Waals surface area contributed by atoms with Gasteiger partial charge in [-0.15, -0.1) is 0 Å². The molecule has 8 fully saturated rings. The van der Waals surface area contributed by atoms with Gasteiger partial charge in [-0.25, -0.2) is 5.43 Å². The molecule has 0 radical (unpaired) electrons. The molecule has 10 rings (SSSR count). The number of nitrogens with zero attached hydrogens (tertiary/aromatic N) is 5. The lowest BCUT2D eigenvalue weighted by Gasteiger charge is -2.64. The van der Waals surface area contributed by atoms with Gasteiger partial charge in [-0.05, 0) is 161 Å². The summed E-state index contributed by atoms with van der Waals surface area (Å²) in [5.74, 6) is 2.57. The van der Waals surface area contributed by atoms with E-state index in [9.17, 15) is 25.2 Å². The summed E-state index contributed by atoms with van der Waals surface area (Å²) in [5.41, 5.74) is 5.90. The van der Waals surface area contributed by atoms with Crippen molar-refractivity contribution in [3.63, 3.8) is 0 Å². The Morgan fingerprint density at radius 2 is 1.13 bits per heavy atom. The Morgan fingerprint density at radius 3 is 1.60 bits per heavy atom. The first-order valence-corrected chi connectivity index (χ1v) is 23.0. The molecule has 0 saturated heterocycles. The Balaban J connectivity index is 0.000000155. The third-order valence-corrected chi connectivity index (χ3v) is 20.1. The predicted molar refractivity (Wildman–Crippen MR) is 226 cm³/mol. The van der Waals surface area contributed by atoms with Crippen LogP contribution in [0, 0.1) is 62.6 Å². The Hall–Kier alpha value is -3.39. The lowest BCUT2D eigenvalue weighted by Crippen LogP contribution is -2.64. The number of guanidine groups is 1. The number of hydrogen-bond acceptors (Lipinski definition) is 11. The Morgan fingerprint density at radius 1 is 0.650 bits per heavy atom. The molecule has 60 heavy (non-hydrogen) atoms. The summed E-state index contributed by atoms with van der Waals surface area (Å²) in [7, 11) is 0. The monoisotopic (exact) mass is 825 g/mol. The quantitative estimate of drug-likeness (QED) is 0.107. The minimum atomic E-state index is -1.08. The molecule has 2 aromatic heterocycles. The third kappa shape index (κ3) is 5.72. The second-order valence-corrected chi connectivity index (χ2v) is 21.7. The van der Waals surface area contributed by atoms with Crippen LogP contribution in [0.25, 0.3) is 0 Å². The van der Waals surface area contributed by atoms with Crippen LogP contribution in [0.4, 0.5) is 0 Å². The van der Waals surface area contributed by atoms with Crippen LogP contribution in [0.1, 0.15) is 154 Å². The number of aromatic nitrogens is 4. The number of Topliss-reactive ketones (excluding diaryl/α,β-unsaturated/α-hetero) is 1. The summed E-state index contributed by atoms with van der Waals surface area (Å²) in [6.07, 6.45) is 21.9. The molecule has 0 aromatic carbocycles. The molecule has 8 aliphatic rings. The van der Waals surface area contributed by atoms with Crippen molar-refractivity contribution in [3.05, 3.63) is 48.0 Å². The van der Waals surface area contributed by atoms with Crippen molar-refractivity contribution in [2.75, 3.05) is 0 Å². The molecule has 8 N–H and O–H groups in total. The number of hydrogen-bond donors (Lipinski definition) is 7. The topological polar surface area (TPSA) is 224 Å². The molecule has 8 saturated carbocycles. The number of carbonyl (C=O) groups is 1. The highest BCUT2D eigenvalue weighted by Gasteiger charge is 2.73. The second kappa shape index (κ2) is 14.3. The standard InChI is InChI=1S/C24H36N6O2.C23H32N2O3/c1-21-8-5-17(29-30-20(25)26)13-15(21)3-4-19-18(21)6-9-22(2)23(31,10-11-24(19,22)32)16-7-12-27-28-14-16;1-20-8-5-17(26)13-15(20)3-4-19-18(20)6-9-21(2)22(27,10-11-23(19,21)28)16-7-12-24-25-14-16/h7,12,14-15,18-19,31-32H,3-6,8-11,13H2,1-2H3,(H4,25,26,30);7,12,14-15,18-19,27-28H,3-6,8-11,13H2,1-2H3/b29-17+;/t15-,18+,19-,21+,22-,23+,24+;15-,18+,19-,20+,21-,22+,23+/m11/s1. The van der Waals surface area contributed by atoms with Gasteiger partial charge in [0.2, 0.25) is 5.96 Å². The largest absolute Gasteiger partial charge is 0.389 e. The lowest BCUT2D eigenvalue weighted by molar-refractivity contribution is -0.235. The summed E-state index contributed by atoms with van der Waals surface area (Å²) in [4.78, 5) is 12.1. The average molecular weight is 825 g/mol. The molecular weight excluding hydrogens is 757 g/mol. The molecule has 14 atom stereocenters. The fourth-order valence-corrected chi connectivity index (χ4v) is 16.3. The van der Waals surface area contributed by atoms with Crippen molar-refractivity contribution in [3.8, 4) is 0 Å². The number of nitrogens with one attached hydrogen (secondary N) is 2. The summed E-state index contributed by atoms with van der Waals surface area (Å²) >= 11 is 0. The van der Waals surface area contributed by atoms with Crippen LogP contribution in [0.15, 0.2) is 42.0 Å². The van der Waals surface area contributed by atoms with Gasteiger partial charge in [-0.1, -0.05) is 27.7 Å². The molecule has 8 aliphatic carbocycles. The molecule has 13 heteroatoms. The smallest absolute Gasteiger partial charge is 0.206 e. The molecule has 0 aliphatic heterocycles. The maximum Gasteiger partial charge on any atom is 0.206 e. The molecule has 326 valence electrons. The summed E-state index contributed by atoms with van der Waals surface area (Å²) in [5, 5.41) is 75.7. The van der Waals surface area contributed by atoms with E-state index in [-0.39, 0.29) is 28.6 Å². The molecule has 0 amide bonds. The normalized spacial score (nSPS) is 48.5.